The number of unbranched alkanes of at least 4 members (excludes halogenated alkanes) is 1. The maximum Gasteiger partial charge on any atom is 0.236 e. The highest BCUT2D eigenvalue weighted by atomic mass is 35.5. The number of hydrogen-bond donors (Lipinski definition) is 2. The Kier molecular flexibility index (Phi) is 7.41. The van der Waals surface area contributed by atoms with Crippen molar-refractivity contribution in [1.29, 1.82) is 0 Å². The molecule has 4 nitrogen and oxygen atoms in total. The third-order valence-electron chi connectivity index (χ3n) is 3.06. The molecule has 1 rings (SSSR count). The second kappa shape index (κ2) is 8.82. The average molecular weight is 298 g/mol. The maximum absolute atomic E-state index is 11.2. The predicted molar refractivity (Wildman–Crippen MR) is 85.1 cm³/mol. The molecule has 0 bridgehead atoms. The van der Waals surface area contributed by atoms with E-state index in [1.807, 2.05) is 23.1 Å². The number of nitrogens with zero attached hydrogens (tertiary/aromatic N) is 1. The van der Waals surface area contributed by atoms with Gasteiger partial charge in [0, 0.05) is 13.1 Å². The van der Waals surface area contributed by atoms with Crippen molar-refractivity contribution in [2.45, 2.75) is 33.2 Å². The van der Waals surface area contributed by atoms with E-state index in [-0.39, 0.29) is 12.5 Å². The number of nitrogens with one attached hydrogen (secondary N) is 1. The van der Waals surface area contributed by atoms with Gasteiger partial charge in [0.05, 0.1) is 17.3 Å². The number of amides is 1. The number of benzene rings is 1. The van der Waals surface area contributed by atoms with Crippen molar-refractivity contribution in [1.82, 2.24) is 5.32 Å². The Bertz CT molecular complexity index is 437. The molecule has 5 heteroatoms. The van der Waals surface area contributed by atoms with Crippen LogP contribution in [0.1, 0.15) is 32.3 Å². The molecule has 0 saturated carbocycles. The molecular weight excluding hydrogens is 274 g/mol. The van der Waals surface area contributed by atoms with Gasteiger partial charge >= 0.3 is 0 Å². The van der Waals surface area contributed by atoms with Gasteiger partial charge < -0.3 is 16.0 Å². The lowest BCUT2D eigenvalue weighted by molar-refractivity contribution is -0.116. The first kappa shape index (κ1) is 16.8. The SMILES string of the molecule is CCCCN(CC(N)=O)c1ccc(CNCC)cc1Cl. The molecule has 0 aliphatic heterocycles. The Morgan fingerprint density at radius 3 is 2.70 bits per heavy atom. The minimum absolute atomic E-state index is 0.201. The summed E-state index contributed by atoms with van der Waals surface area (Å²) in [4.78, 5) is 13.1. The zero-order valence-electron chi connectivity index (χ0n) is 12.3. The smallest absolute Gasteiger partial charge is 0.236 e. The number of primary amides is 1. The third-order valence-corrected chi connectivity index (χ3v) is 3.36. The van der Waals surface area contributed by atoms with Crippen LogP contribution in [0.4, 0.5) is 5.69 Å². The van der Waals surface area contributed by atoms with Crippen LogP contribution < -0.4 is 16.0 Å². The topological polar surface area (TPSA) is 58.4 Å². The van der Waals surface area contributed by atoms with Gasteiger partial charge in [-0.1, -0.05) is 37.9 Å². The Labute approximate surface area is 126 Å². The van der Waals surface area contributed by atoms with E-state index >= 15 is 0 Å². The normalized spacial score (nSPS) is 10.6. The van der Waals surface area contributed by atoms with Crippen LogP contribution in [0.3, 0.4) is 0 Å². The molecule has 0 spiro atoms. The molecule has 1 amide bonds. The number of carbonyl (C=O) groups excluding carboxylic acids is 1. The molecule has 0 radical (unpaired) electrons. The van der Waals surface area contributed by atoms with E-state index in [1.54, 1.807) is 0 Å². The molecule has 112 valence electrons. The van der Waals surface area contributed by atoms with Crippen molar-refractivity contribution in [2.75, 3.05) is 24.5 Å². The fourth-order valence-electron chi connectivity index (χ4n) is 2.01. The second-order valence-electron chi connectivity index (χ2n) is 4.81. The number of nitrogens with two attached hydrogens (primary N) is 1. The van der Waals surface area contributed by atoms with Crippen molar-refractivity contribution >= 4 is 23.2 Å². The van der Waals surface area contributed by atoms with Crippen molar-refractivity contribution < 1.29 is 4.79 Å². The third kappa shape index (κ3) is 5.39. The summed E-state index contributed by atoms with van der Waals surface area (Å²) in [5.74, 6) is -0.339. The highest BCUT2D eigenvalue weighted by Gasteiger charge is 2.12. The maximum atomic E-state index is 11.2. The summed E-state index contributed by atoms with van der Waals surface area (Å²) in [5.41, 5.74) is 7.32. The second-order valence-corrected chi connectivity index (χ2v) is 5.21. The average Bonchev–Trinajstić information content (AvgIpc) is 2.41. The molecule has 1 aromatic rings. The van der Waals surface area contributed by atoms with Gasteiger partial charge in [-0.2, -0.15) is 0 Å². The fraction of sp³-hybridized carbons (Fsp3) is 0.533. The molecule has 0 saturated heterocycles. The van der Waals surface area contributed by atoms with E-state index in [9.17, 15) is 4.79 Å². The van der Waals surface area contributed by atoms with Crippen LogP contribution >= 0.6 is 11.6 Å². The highest BCUT2D eigenvalue weighted by molar-refractivity contribution is 6.33. The van der Waals surface area contributed by atoms with Gasteiger partial charge in [0.2, 0.25) is 5.91 Å². The van der Waals surface area contributed by atoms with E-state index in [0.717, 1.165) is 43.7 Å². The minimum Gasteiger partial charge on any atom is -0.368 e. The van der Waals surface area contributed by atoms with Gasteiger partial charge in [-0.3, -0.25) is 4.79 Å². The number of hydrogen-bond acceptors (Lipinski definition) is 3. The molecule has 0 heterocycles. The van der Waals surface area contributed by atoms with Crippen LogP contribution in [0.15, 0.2) is 18.2 Å². The van der Waals surface area contributed by atoms with E-state index in [4.69, 9.17) is 17.3 Å². The van der Waals surface area contributed by atoms with Gasteiger partial charge in [0.15, 0.2) is 0 Å². The quantitative estimate of drug-likeness (QED) is 0.736. The highest BCUT2D eigenvalue weighted by Crippen LogP contribution is 2.27. The zero-order chi connectivity index (χ0) is 15.0. The molecule has 0 aliphatic rings. The van der Waals surface area contributed by atoms with E-state index < -0.39 is 0 Å². The van der Waals surface area contributed by atoms with E-state index in [2.05, 4.69) is 19.2 Å². The molecule has 0 unspecified atom stereocenters. The minimum atomic E-state index is -0.339. The van der Waals surface area contributed by atoms with Crippen LogP contribution in [0.25, 0.3) is 0 Å². The number of carbonyl (C=O) groups is 1. The van der Waals surface area contributed by atoms with Crippen molar-refractivity contribution in [3.05, 3.63) is 28.8 Å². The Hall–Kier alpha value is -1.26. The summed E-state index contributed by atoms with van der Waals surface area (Å²) in [5, 5.41) is 3.93. The summed E-state index contributed by atoms with van der Waals surface area (Å²) in [7, 11) is 0. The standard InChI is InChI=1S/C15H24ClN3O/c1-3-5-8-19(11-15(17)20)14-7-6-12(9-13(14)16)10-18-4-2/h6-7,9,18H,3-5,8,10-11H2,1-2H3,(H2,17,20). The summed E-state index contributed by atoms with van der Waals surface area (Å²) in [6.45, 7) is 6.88. The first-order valence-corrected chi connectivity index (χ1v) is 7.48. The summed E-state index contributed by atoms with van der Waals surface area (Å²) >= 11 is 6.34. The van der Waals surface area contributed by atoms with Gasteiger partial charge in [-0.15, -0.1) is 0 Å². The number of anilines is 1. The van der Waals surface area contributed by atoms with Crippen LogP contribution in [0.2, 0.25) is 5.02 Å². The number of rotatable bonds is 9. The van der Waals surface area contributed by atoms with Gasteiger partial charge in [-0.05, 0) is 30.7 Å². The van der Waals surface area contributed by atoms with Crippen molar-refractivity contribution in [2.24, 2.45) is 5.73 Å². The predicted octanol–water partition coefficient (Wildman–Crippen LogP) is 2.54. The largest absolute Gasteiger partial charge is 0.368 e. The molecule has 3 N–H and O–H groups in total. The molecule has 0 atom stereocenters. The lowest BCUT2D eigenvalue weighted by Crippen LogP contribution is -2.34. The lowest BCUT2D eigenvalue weighted by atomic mass is 10.1. The van der Waals surface area contributed by atoms with Crippen LogP contribution in [0.5, 0.6) is 0 Å². The molecule has 0 fully saturated rings. The zero-order valence-corrected chi connectivity index (χ0v) is 13.0. The fourth-order valence-corrected chi connectivity index (χ4v) is 2.33. The van der Waals surface area contributed by atoms with Gasteiger partial charge in [0.1, 0.15) is 0 Å². The lowest BCUT2D eigenvalue weighted by Gasteiger charge is -2.24. The van der Waals surface area contributed by atoms with E-state index in [1.165, 1.54) is 0 Å². The summed E-state index contributed by atoms with van der Waals surface area (Å²) in [6.07, 6.45) is 2.06. The first-order chi connectivity index (χ1) is 9.58. The Morgan fingerprint density at radius 2 is 2.15 bits per heavy atom. The van der Waals surface area contributed by atoms with Crippen LogP contribution in [-0.4, -0.2) is 25.5 Å². The van der Waals surface area contributed by atoms with E-state index in [0.29, 0.717) is 5.02 Å². The molecule has 0 aromatic heterocycles. The number of halogens is 1. The summed E-state index contributed by atoms with van der Waals surface area (Å²) in [6, 6.07) is 5.94. The monoisotopic (exact) mass is 297 g/mol. The summed E-state index contributed by atoms with van der Waals surface area (Å²) < 4.78 is 0. The molecule has 1 aromatic carbocycles. The van der Waals surface area contributed by atoms with Crippen LogP contribution in [0, 0.1) is 0 Å². The van der Waals surface area contributed by atoms with Crippen molar-refractivity contribution in [3.8, 4) is 0 Å². The molecular formula is C15H24ClN3O. The van der Waals surface area contributed by atoms with Crippen molar-refractivity contribution in [3.63, 3.8) is 0 Å². The van der Waals surface area contributed by atoms with Gasteiger partial charge in [-0.25, -0.2) is 0 Å². The van der Waals surface area contributed by atoms with Gasteiger partial charge in [0.25, 0.3) is 0 Å². The Balaban J connectivity index is 2.86. The molecule has 20 heavy (non-hydrogen) atoms. The van der Waals surface area contributed by atoms with Crippen LogP contribution in [-0.2, 0) is 11.3 Å². The Morgan fingerprint density at radius 1 is 1.40 bits per heavy atom. The first-order valence-electron chi connectivity index (χ1n) is 7.10. The molecule has 0 aliphatic carbocycles.